The molecular formula is C10H14N2O. The third-order valence-corrected chi connectivity index (χ3v) is 2.17. The van der Waals surface area contributed by atoms with Crippen molar-refractivity contribution in [3.63, 3.8) is 0 Å². The molecule has 1 aliphatic rings. The molecule has 3 N–H and O–H groups in total. The number of fused-ring (bicyclic) bond motifs is 1. The van der Waals surface area contributed by atoms with Gasteiger partial charge in [-0.3, -0.25) is 0 Å². The molecule has 1 atom stereocenters. The van der Waals surface area contributed by atoms with Crippen LogP contribution in [0.5, 0.6) is 5.75 Å². The van der Waals surface area contributed by atoms with Crippen LogP contribution in [0, 0.1) is 0 Å². The van der Waals surface area contributed by atoms with E-state index in [0.29, 0.717) is 12.6 Å². The molecule has 70 valence electrons. The lowest BCUT2D eigenvalue weighted by Crippen LogP contribution is -2.28. The standard InChI is InChI=1S/C10H14N2O/c1-7-6-13-10-3-2-8(5-11)4-9(10)12-7/h2-4,7,12H,5-6,11H2,1H3. The van der Waals surface area contributed by atoms with Crippen LogP contribution in [0.25, 0.3) is 0 Å². The molecule has 1 unspecified atom stereocenters. The van der Waals surface area contributed by atoms with E-state index in [2.05, 4.69) is 12.2 Å². The van der Waals surface area contributed by atoms with Crippen molar-refractivity contribution in [1.29, 1.82) is 0 Å². The predicted molar refractivity (Wildman–Crippen MR) is 52.9 cm³/mol. The van der Waals surface area contributed by atoms with Crippen LogP contribution in [-0.2, 0) is 6.54 Å². The van der Waals surface area contributed by atoms with E-state index < -0.39 is 0 Å². The Morgan fingerprint density at radius 3 is 3.23 bits per heavy atom. The van der Waals surface area contributed by atoms with Gasteiger partial charge < -0.3 is 15.8 Å². The molecule has 0 radical (unpaired) electrons. The second-order valence-electron chi connectivity index (χ2n) is 3.39. The van der Waals surface area contributed by atoms with E-state index in [-0.39, 0.29) is 0 Å². The van der Waals surface area contributed by atoms with Gasteiger partial charge >= 0.3 is 0 Å². The SMILES string of the molecule is CC1COc2ccc(CN)cc2N1. The van der Waals surface area contributed by atoms with Gasteiger partial charge in [0.15, 0.2) is 0 Å². The van der Waals surface area contributed by atoms with E-state index in [4.69, 9.17) is 10.5 Å². The van der Waals surface area contributed by atoms with Gasteiger partial charge in [-0.2, -0.15) is 0 Å². The van der Waals surface area contributed by atoms with Gasteiger partial charge in [0.2, 0.25) is 0 Å². The average Bonchev–Trinajstić information content (AvgIpc) is 2.16. The van der Waals surface area contributed by atoms with Gasteiger partial charge in [-0.1, -0.05) is 6.07 Å². The molecule has 1 heterocycles. The van der Waals surface area contributed by atoms with Crippen LogP contribution in [0.2, 0.25) is 0 Å². The predicted octanol–water partition coefficient (Wildman–Crippen LogP) is 1.34. The normalized spacial score (nSPS) is 20.0. The molecule has 0 bridgehead atoms. The molecule has 1 aromatic rings. The summed E-state index contributed by atoms with van der Waals surface area (Å²) in [5.74, 6) is 0.926. The molecule has 0 fully saturated rings. The van der Waals surface area contributed by atoms with Gasteiger partial charge in [0.25, 0.3) is 0 Å². The first-order valence-electron chi connectivity index (χ1n) is 4.52. The Bertz CT molecular complexity index is 312. The zero-order chi connectivity index (χ0) is 9.26. The molecule has 1 aliphatic heterocycles. The molecule has 3 nitrogen and oxygen atoms in total. The maximum Gasteiger partial charge on any atom is 0.142 e. The maximum absolute atomic E-state index is 5.55. The van der Waals surface area contributed by atoms with Crippen LogP contribution >= 0.6 is 0 Å². The molecule has 0 saturated carbocycles. The second kappa shape index (κ2) is 3.26. The molecule has 13 heavy (non-hydrogen) atoms. The Hall–Kier alpha value is -1.22. The van der Waals surface area contributed by atoms with Crippen molar-refractivity contribution in [1.82, 2.24) is 0 Å². The van der Waals surface area contributed by atoms with E-state index in [1.54, 1.807) is 0 Å². The van der Waals surface area contributed by atoms with E-state index in [1.807, 2.05) is 18.2 Å². The quantitative estimate of drug-likeness (QED) is 0.682. The lowest BCUT2D eigenvalue weighted by Gasteiger charge is -2.25. The molecule has 0 aromatic heterocycles. The second-order valence-corrected chi connectivity index (χ2v) is 3.39. The Morgan fingerprint density at radius 2 is 2.46 bits per heavy atom. The third kappa shape index (κ3) is 1.60. The van der Waals surface area contributed by atoms with Gasteiger partial charge in [0.05, 0.1) is 11.7 Å². The molecule has 0 amide bonds. The Balaban J connectivity index is 2.32. The highest BCUT2D eigenvalue weighted by Crippen LogP contribution is 2.29. The first-order chi connectivity index (χ1) is 6.29. The summed E-state index contributed by atoms with van der Waals surface area (Å²) in [6.07, 6.45) is 0. The van der Waals surface area contributed by atoms with Crippen molar-refractivity contribution in [3.05, 3.63) is 23.8 Å². The molecule has 1 aromatic carbocycles. The van der Waals surface area contributed by atoms with Crippen LogP contribution < -0.4 is 15.8 Å². The minimum Gasteiger partial charge on any atom is -0.489 e. The number of nitrogens with one attached hydrogen (secondary N) is 1. The smallest absolute Gasteiger partial charge is 0.142 e. The van der Waals surface area contributed by atoms with Gasteiger partial charge in [0, 0.05) is 6.54 Å². The van der Waals surface area contributed by atoms with E-state index >= 15 is 0 Å². The lowest BCUT2D eigenvalue weighted by molar-refractivity contribution is 0.292. The number of ether oxygens (including phenoxy) is 1. The van der Waals surface area contributed by atoms with Crippen molar-refractivity contribution >= 4 is 5.69 Å². The minimum absolute atomic E-state index is 0.375. The van der Waals surface area contributed by atoms with E-state index in [9.17, 15) is 0 Å². The number of benzene rings is 1. The molecule has 2 rings (SSSR count). The maximum atomic E-state index is 5.55. The number of nitrogens with two attached hydrogens (primary N) is 1. The van der Waals surface area contributed by atoms with Crippen LogP contribution in [0.15, 0.2) is 18.2 Å². The molecule has 0 spiro atoms. The summed E-state index contributed by atoms with van der Waals surface area (Å²) in [4.78, 5) is 0. The van der Waals surface area contributed by atoms with Gasteiger partial charge in [0.1, 0.15) is 12.4 Å². The van der Waals surface area contributed by atoms with Crippen LogP contribution in [0.1, 0.15) is 12.5 Å². The summed E-state index contributed by atoms with van der Waals surface area (Å²) < 4.78 is 5.53. The first kappa shape index (κ1) is 8.38. The van der Waals surface area contributed by atoms with Crippen molar-refractivity contribution in [2.24, 2.45) is 5.73 Å². The van der Waals surface area contributed by atoms with Crippen LogP contribution in [0.4, 0.5) is 5.69 Å². The minimum atomic E-state index is 0.375. The van der Waals surface area contributed by atoms with Crippen molar-refractivity contribution in [3.8, 4) is 5.75 Å². The van der Waals surface area contributed by atoms with Gasteiger partial charge in [-0.05, 0) is 24.6 Å². The highest BCUT2D eigenvalue weighted by Gasteiger charge is 2.14. The summed E-state index contributed by atoms with van der Waals surface area (Å²) in [7, 11) is 0. The van der Waals surface area contributed by atoms with E-state index in [0.717, 1.165) is 23.6 Å². The fourth-order valence-corrected chi connectivity index (χ4v) is 1.46. The molecule has 0 aliphatic carbocycles. The zero-order valence-corrected chi connectivity index (χ0v) is 7.71. The van der Waals surface area contributed by atoms with Gasteiger partial charge in [-0.15, -0.1) is 0 Å². The Kier molecular flexibility index (Phi) is 2.10. The highest BCUT2D eigenvalue weighted by molar-refractivity contribution is 5.59. The summed E-state index contributed by atoms with van der Waals surface area (Å²) in [5.41, 5.74) is 7.73. The van der Waals surface area contributed by atoms with Crippen molar-refractivity contribution in [2.45, 2.75) is 19.5 Å². The number of hydrogen-bond acceptors (Lipinski definition) is 3. The van der Waals surface area contributed by atoms with E-state index in [1.165, 1.54) is 0 Å². The largest absolute Gasteiger partial charge is 0.489 e. The first-order valence-corrected chi connectivity index (χ1v) is 4.52. The summed E-state index contributed by atoms with van der Waals surface area (Å²) in [6.45, 7) is 3.40. The number of hydrogen-bond donors (Lipinski definition) is 2. The summed E-state index contributed by atoms with van der Waals surface area (Å²) in [5, 5.41) is 3.35. The summed E-state index contributed by atoms with van der Waals surface area (Å²) >= 11 is 0. The van der Waals surface area contributed by atoms with Gasteiger partial charge in [-0.25, -0.2) is 0 Å². The van der Waals surface area contributed by atoms with Crippen LogP contribution in [0.3, 0.4) is 0 Å². The Labute approximate surface area is 77.9 Å². The molecule has 3 heteroatoms. The average molecular weight is 178 g/mol. The molecule has 0 saturated heterocycles. The van der Waals surface area contributed by atoms with Crippen molar-refractivity contribution < 1.29 is 4.74 Å². The third-order valence-electron chi connectivity index (χ3n) is 2.17. The number of rotatable bonds is 1. The topological polar surface area (TPSA) is 47.3 Å². The van der Waals surface area contributed by atoms with Crippen LogP contribution in [-0.4, -0.2) is 12.6 Å². The molecular weight excluding hydrogens is 164 g/mol. The zero-order valence-electron chi connectivity index (χ0n) is 7.71. The fraction of sp³-hybridized carbons (Fsp3) is 0.400. The Morgan fingerprint density at radius 1 is 1.62 bits per heavy atom. The highest BCUT2D eigenvalue weighted by atomic mass is 16.5. The fourth-order valence-electron chi connectivity index (χ4n) is 1.46. The monoisotopic (exact) mass is 178 g/mol. The van der Waals surface area contributed by atoms with Crippen molar-refractivity contribution in [2.75, 3.05) is 11.9 Å². The number of anilines is 1. The summed E-state index contributed by atoms with van der Waals surface area (Å²) in [6, 6.07) is 6.39. The lowest BCUT2D eigenvalue weighted by atomic mass is 10.1.